The highest BCUT2D eigenvalue weighted by Crippen LogP contribution is 2.32. The standard InChI is InChI=1S/C15H16ClN3O2/c1-19(2)11-5-3-4-10(8-11)18-14-12(15(20)21)6-9(17)7-13(14)16/h3-8,18H,17H2,1-2H3,(H,20,21). The number of rotatable bonds is 4. The van der Waals surface area contributed by atoms with Gasteiger partial charge in [0.1, 0.15) is 0 Å². The number of nitrogen functional groups attached to an aromatic ring is 1. The molecule has 0 spiro atoms. The molecular formula is C15H16ClN3O2. The van der Waals surface area contributed by atoms with Crippen molar-refractivity contribution in [1.29, 1.82) is 0 Å². The van der Waals surface area contributed by atoms with Crippen LogP contribution in [-0.4, -0.2) is 25.2 Å². The third-order valence-corrected chi connectivity index (χ3v) is 3.27. The zero-order valence-corrected chi connectivity index (χ0v) is 12.5. The molecule has 0 bridgehead atoms. The van der Waals surface area contributed by atoms with E-state index in [4.69, 9.17) is 17.3 Å². The van der Waals surface area contributed by atoms with E-state index < -0.39 is 5.97 Å². The van der Waals surface area contributed by atoms with Gasteiger partial charge in [-0.25, -0.2) is 4.79 Å². The minimum absolute atomic E-state index is 0.0373. The van der Waals surface area contributed by atoms with E-state index in [0.717, 1.165) is 11.4 Å². The van der Waals surface area contributed by atoms with Crippen molar-refractivity contribution in [2.75, 3.05) is 30.0 Å². The van der Waals surface area contributed by atoms with Crippen LogP contribution in [0.4, 0.5) is 22.7 Å². The minimum Gasteiger partial charge on any atom is -0.478 e. The number of hydrogen-bond acceptors (Lipinski definition) is 4. The van der Waals surface area contributed by atoms with E-state index in [2.05, 4.69) is 5.32 Å². The van der Waals surface area contributed by atoms with Crippen LogP contribution in [-0.2, 0) is 0 Å². The second-order valence-corrected chi connectivity index (χ2v) is 5.21. The highest BCUT2D eigenvalue weighted by molar-refractivity contribution is 6.34. The van der Waals surface area contributed by atoms with Crippen molar-refractivity contribution in [3.8, 4) is 0 Å². The fourth-order valence-electron chi connectivity index (χ4n) is 1.93. The number of halogens is 1. The summed E-state index contributed by atoms with van der Waals surface area (Å²) in [5.74, 6) is -1.09. The molecule has 0 amide bonds. The van der Waals surface area contributed by atoms with Crippen LogP contribution in [0.15, 0.2) is 36.4 Å². The van der Waals surface area contributed by atoms with Crippen LogP contribution in [0.5, 0.6) is 0 Å². The Hall–Kier alpha value is -2.40. The van der Waals surface area contributed by atoms with Crippen LogP contribution in [0.2, 0.25) is 5.02 Å². The predicted molar refractivity (Wildman–Crippen MR) is 86.9 cm³/mol. The van der Waals surface area contributed by atoms with Crippen molar-refractivity contribution in [1.82, 2.24) is 0 Å². The Labute approximate surface area is 127 Å². The van der Waals surface area contributed by atoms with E-state index in [1.807, 2.05) is 43.3 Å². The van der Waals surface area contributed by atoms with Gasteiger partial charge in [-0.3, -0.25) is 0 Å². The summed E-state index contributed by atoms with van der Waals surface area (Å²) in [5, 5.41) is 12.6. The smallest absolute Gasteiger partial charge is 0.337 e. The molecule has 0 atom stereocenters. The van der Waals surface area contributed by atoms with Gasteiger partial charge in [0.15, 0.2) is 0 Å². The molecule has 0 aliphatic heterocycles. The lowest BCUT2D eigenvalue weighted by molar-refractivity contribution is 0.0698. The fourth-order valence-corrected chi connectivity index (χ4v) is 2.20. The second kappa shape index (κ2) is 5.93. The van der Waals surface area contributed by atoms with Crippen LogP contribution in [0.1, 0.15) is 10.4 Å². The summed E-state index contributed by atoms with van der Waals surface area (Å²) in [6.07, 6.45) is 0. The number of carboxylic acids is 1. The van der Waals surface area contributed by atoms with Gasteiger partial charge >= 0.3 is 5.97 Å². The molecule has 0 fully saturated rings. The summed E-state index contributed by atoms with van der Waals surface area (Å²) in [4.78, 5) is 13.3. The summed E-state index contributed by atoms with van der Waals surface area (Å²) >= 11 is 6.11. The van der Waals surface area contributed by atoms with Crippen molar-refractivity contribution in [2.24, 2.45) is 0 Å². The first kappa shape index (κ1) is 15.0. The normalized spacial score (nSPS) is 10.2. The van der Waals surface area contributed by atoms with E-state index in [9.17, 15) is 9.90 Å². The molecule has 0 aliphatic rings. The summed E-state index contributed by atoms with van der Waals surface area (Å²) in [6.45, 7) is 0. The zero-order chi connectivity index (χ0) is 15.6. The van der Waals surface area contributed by atoms with Crippen molar-refractivity contribution in [3.05, 3.63) is 47.0 Å². The molecule has 4 N–H and O–H groups in total. The van der Waals surface area contributed by atoms with Gasteiger partial charge in [0, 0.05) is 31.2 Å². The molecule has 0 saturated heterocycles. The van der Waals surface area contributed by atoms with E-state index in [1.54, 1.807) is 0 Å². The molecule has 2 aromatic rings. The molecule has 5 nitrogen and oxygen atoms in total. The van der Waals surface area contributed by atoms with Crippen LogP contribution < -0.4 is 16.0 Å². The van der Waals surface area contributed by atoms with Crippen LogP contribution >= 0.6 is 11.6 Å². The molecule has 110 valence electrons. The van der Waals surface area contributed by atoms with Gasteiger partial charge in [-0.2, -0.15) is 0 Å². The Morgan fingerprint density at radius 2 is 2.00 bits per heavy atom. The third kappa shape index (κ3) is 3.38. The van der Waals surface area contributed by atoms with Gasteiger partial charge in [-0.05, 0) is 30.3 Å². The highest BCUT2D eigenvalue weighted by atomic mass is 35.5. The number of nitrogens with zero attached hydrogens (tertiary/aromatic N) is 1. The second-order valence-electron chi connectivity index (χ2n) is 4.80. The molecule has 6 heteroatoms. The fraction of sp³-hybridized carbons (Fsp3) is 0.133. The SMILES string of the molecule is CN(C)c1cccc(Nc2c(Cl)cc(N)cc2C(=O)O)c1. The van der Waals surface area contributed by atoms with E-state index in [1.165, 1.54) is 12.1 Å². The quantitative estimate of drug-likeness (QED) is 0.754. The van der Waals surface area contributed by atoms with Gasteiger partial charge in [-0.15, -0.1) is 0 Å². The molecule has 0 heterocycles. The van der Waals surface area contributed by atoms with Gasteiger partial charge < -0.3 is 21.1 Å². The Morgan fingerprint density at radius 3 is 2.62 bits per heavy atom. The Kier molecular flexibility index (Phi) is 4.23. The first-order chi connectivity index (χ1) is 9.88. The van der Waals surface area contributed by atoms with Crippen LogP contribution in [0, 0.1) is 0 Å². The molecule has 0 aromatic heterocycles. The molecule has 0 radical (unpaired) electrons. The molecule has 0 saturated carbocycles. The molecular weight excluding hydrogens is 290 g/mol. The number of carboxylic acid groups (broad SMARTS) is 1. The lowest BCUT2D eigenvalue weighted by Crippen LogP contribution is -2.09. The molecule has 2 rings (SSSR count). The van der Waals surface area contributed by atoms with Crippen molar-refractivity contribution >= 4 is 40.3 Å². The van der Waals surface area contributed by atoms with E-state index in [0.29, 0.717) is 11.4 Å². The van der Waals surface area contributed by atoms with Gasteiger partial charge in [0.05, 0.1) is 16.3 Å². The van der Waals surface area contributed by atoms with E-state index in [-0.39, 0.29) is 10.6 Å². The lowest BCUT2D eigenvalue weighted by atomic mass is 10.1. The molecule has 2 aromatic carbocycles. The van der Waals surface area contributed by atoms with Gasteiger partial charge in [-0.1, -0.05) is 17.7 Å². The first-order valence-electron chi connectivity index (χ1n) is 6.25. The number of anilines is 4. The Balaban J connectivity index is 2.44. The third-order valence-electron chi connectivity index (χ3n) is 2.97. The summed E-state index contributed by atoms with van der Waals surface area (Å²) in [6, 6.07) is 10.5. The Morgan fingerprint density at radius 1 is 1.29 bits per heavy atom. The maximum atomic E-state index is 11.3. The number of benzene rings is 2. The van der Waals surface area contributed by atoms with Crippen LogP contribution in [0.3, 0.4) is 0 Å². The minimum atomic E-state index is -1.09. The first-order valence-corrected chi connectivity index (χ1v) is 6.63. The van der Waals surface area contributed by atoms with Crippen molar-refractivity contribution in [2.45, 2.75) is 0 Å². The molecule has 0 aliphatic carbocycles. The molecule has 21 heavy (non-hydrogen) atoms. The monoisotopic (exact) mass is 305 g/mol. The zero-order valence-electron chi connectivity index (χ0n) is 11.7. The molecule has 0 unspecified atom stereocenters. The summed E-state index contributed by atoms with van der Waals surface area (Å²) in [7, 11) is 3.86. The maximum absolute atomic E-state index is 11.3. The lowest BCUT2D eigenvalue weighted by Gasteiger charge is -2.16. The van der Waals surface area contributed by atoms with Gasteiger partial charge in [0.25, 0.3) is 0 Å². The number of carbonyl (C=O) groups is 1. The Bertz CT molecular complexity index is 687. The number of nitrogens with two attached hydrogens (primary N) is 1. The van der Waals surface area contributed by atoms with Crippen LogP contribution in [0.25, 0.3) is 0 Å². The maximum Gasteiger partial charge on any atom is 0.337 e. The average Bonchev–Trinajstić information content (AvgIpc) is 2.41. The number of aromatic carboxylic acids is 1. The van der Waals surface area contributed by atoms with E-state index >= 15 is 0 Å². The largest absolute Gasteiger partial charge is 0.478 e. The van der Waals surface area contributed by atoms with Crippen molar-refractivity contribution < 1.29 is 9.90 Å². The number of hydrogen-bond donors (Lipinski definition) is 3. The highest BCUT2D eigenvalue weighted by Gasteiger charge is 2.15. The summed E-state index contributed by atoms with van der Waals surface area (Å²) in [5.41, 5.74) is 8.05. The van der Waals surface area contributed by atoms with Gasteiger partial charge in [0.2, 0.25) is 0 Å². The predicted octanol–water partition coefficient (Wildman–Crippen LogP) is 3.43. The number of nitrogens with one attached hydrogen (secondary N) is 1. The summed E-state index contributed by atoms with van der Waals surface area (Å²) < 4.78 is 0. The van der Waals surface area contributed by atoms with Crippen molar-refractivity contribution in [3.63, 3.8) is 0 Å². The average molecular weight is 306 g/mol. The topological polar surface area (TPSA) is 78.6 Å².